The Balaban J connectivity index is 2.24. The summed E-state index contributed by atoms with van der Waals surface area (Å²) in [7, 11) is 0. The molecule has 0 spiro atoms. The van der Waals surface area contributed by atoms with Crippen molar-refractivity contribution in [3.63, 3.8) is 0 Å². The molecular weight excluding hydrogens is 240 g/mol. The average molecular weight is 260 g/mol. The van der Waals surface area contributed by atoms with E-state index in [0.29, 0.717) is 5.56 Å². The number of rotatable bonds is 6. The average Bonchev–Trinajstić information content (AvgIpc) is 2.69. The summed E-state index contributed by atoms with van der Waals surface area (Å²) in [6, 6.07) is 5.15. The first-order chi connectivity index (χ1) is 9.13. The van der Waals surface area contributed by atoms with Crippen LogP contribution in [0.15, 0.2) is 18.2 Å². The first kappa shape index (κ1) is 13.6. The van der Waals surface area contributed by atoms with Crippen LogP contribution >= 0.6 is 0 Å². The predicted molar refractivity (Wildman–Crippen MR) is 75.6 cm³/mol. The van der Waals surface area contributed by atoms with Gasteiger partial charge in [0.15, 0.2) is 0 Å². The number of imidazole rings is 1. The van der Waals surface area contributed by atoms with Crippen LogP contribution in [-0.2, 0) is 6.54 Å². The Morgan fingerprint density at radius 3 is 2.79 bits per heavy atom. The Morgan fingerprint density at radius 2 is 2.11 bits per heavy atom. The lowest BCUT2D eigenvalue weighted by Crippen LogP contribution is -2.01. The van der Waals surface area contributed by atoms with E-state index in [0.717, 1.165) is 29.8 Å². The fraction of sp³-hybridized carbons (Fsp3) is 0.467. The summed E-state index contributed by atoms with van der Waals surface area (Å²) in [5.41, 5.74) is 2.09. The van der Waals surface area contributed by atoms with E-state index in [1.165, 1.54) is 19.3 Å². The van der Waals surface area contributed by atoms with Crippen molar-refractivity contribution in [2.45, 2.75) is 46.1 Å². The fourth-order valence-electron chi connectivity index (χ4n) is 2.36. The minimum Gasteiger partial charge on any atom is -0.478 e. The van der Waals surface area contributed by atoms with Gasteiger partial charge in [-0.05, 0) is 31.5 Å². The minimum atomic E-state index is -0.906. The van der Waals surface area contributed by atoms with Crippen molar-refractivity contribution >= 4 is 17.0 Å². The predicted octanol–water partition coefficient (Wildman–Crippen LogP) is 3.62. The minimum absolute atomic E-state index is 0.295. The van der Waals surface area contributed by atoms with Crippen LogP contribution in [0.4, 0.5) is 0 Å². The zero-order valence-electron chi connectivity index (χ0n) is 11.5. The second-order valence-electron chi connectivity index (χ2n) is 4.88. The summed E-state index contributed by atoms with van der Waals surface area (Å²) >= 11 is 0. The number of hydrogen-bond donors (Lipinski definition) is 1. The Kier molecular flexibility index (Phi) is 4.20. The molecule has 0 fully saturated rings. The van der Waals surface area contributed by atoms with Gasteiger partial charge in [0, 0.05) is 6.54 Å². The first-order valence-corrected chi connectivity index (χ1v) is 6.83. The number of aromatic carboxylic acids is 1. The molecule has 0 aliphatic heterocycles. The number of hydrogen-bond acceptors (Lipinski definition) is 2. The van der Waals surface area contributed by atoms with Crippen molar-refractivity contribution < 1.29 is 9.90 Å². The highest BCUT2D eigenvalue weighted by atomic mass is 16.4. The highest BCUT2D eigenvalue weighted by molar-refractivity contribution is 5.92. The van der Waals surface area contributed by atoms with Gasteiger partial charge in [-0.15, -0.1) is 0 Å². The van der Waals surface area contributed by atoms with Gasteiger partial charge in [0.1, 0.15) is 5.82 Å². The van der Waals surface area contributed by atoms with Gasteiger partial charge in [-0.3, -0.25) is 0 Å². The van der Waals surface area contributed by atoms with E-state index >= 15 is 0 Å². The number of benzene rings is 1. The molecule has 0 bridgehead atoms. The third-order valence-corrected chi connectivity index (χ3v) is 3.42. The second kappa shape index (κ2) is 5.87. The van der Waals surface area contributed by atoms with Gasteiger partial charge in [-0.25, -0.2) is 9.78 Å². The van der Waals surface area contributed by atoms with Gasteiger partial charge in [-0.1, -0.05) is 26.2 Å². The Hall–Kier alpha value is -1.84. The summed E-state index contributed by atoms with van der Waals surface area (Å²) in [5, 5.41) is 8.99. The van der Waals surface area contributed by atoms with Crippen molar-refractivity contribution in [1.82, 2.24) is 9.55 Å². The van der Waals surface area contributed by atoms with E-state index in [9.17, 15) is 4.79 Å². The normalized spacial score (nSPS) is 11.1. The van der Waals surface area contributed by atoms with Crippen molar-refractivity contribution in [3.05, 3.63) is 29.6 Å². The number of nitrogens with zero attached hydrogens (tertiary/aromatic N) is 2. The van der Waals surface area contributed by atoms with Crippen molar-refractivity contribution in [1.29, 1.82) is 0 Å². The second-order valence-corrected chi connectivity index (χ2v) is 4.88. The van der Waals surface area contributed by atoms with E-state index < -0.39 is 5.97 Å². The van der Waals surface area contributed by atoms with Gasteiger partial charge in [0.25, 0.3) is 0 Å². The lowest BCUT2D eigenvalue weighted by atomic mass is 10.2. The molecule has 0 unspecified atom stereocenters. The smallest absolute Gasteiger partial charge is 0.335 e. The molecule has 1 aromatic heterocycles. The van der Waals surface area contributed by atoms with Crippen molar-refractivity contribution in [3.8, 4) is 0 Å². The zero-order chi connectivity index (χ0) is 13.8. The lowest BCUT2D eigenvalue weighted by molar-refractivity contribution is 0.0697. The summed E-state index contributed by atoms with van der Waals surface area (Å²) in [6.07, 6.45) is 4.85. The molecule has 0 saturated heterocycles. The van der Waals surface area contributed by atoms with Crippen LogP contribution in [0, 0.1) is 6.92 Å². The van der Waals surface area contributed by atoms with Crippen LogP contribution in [0.25, 0.3) is 11.0 Å². The van der Waals surface area contributed by atoms with Crippen LogP contribution in [0.3, 0.4) is 0 Å². The van der Waals surface area contributed by atoms with Crippen LogP contribution in [-0.4, -0.2) is 20.6 Å². The molecule has 0 atom stereocenters. The van der Waals surface area contributed by atoms with Gasteiger partial charge in [0.05, 0.1) is 16.6 Å². The summed E-state index contributed by atoms with van der Waals surface area (Å²) in [4.78, 5) is 15.4. The maximum atomic E-state index is 10.9. The molecule has 0 aliphatic carbocycles. The molecule has 102 valence electrons. The molecule has 0 saturated carbocycles. The Bertz CT molecular complexity index is 587. The molecule has 2 aromatic rings. The Labute approximate surface area is 113 Å². The molecule has 4 nitrogen and oxygen atoms in total. The van der Waals surface area contributed by atoms with Crippen LogP contribution < -0.4 is 0 Å². The SMILES string of the molecule is CCCCCCn1c(C)nc2cc(C(=O)O)ccc21. The molecule has 0 aliphatic rings. The molecule has 0 amide bonds. The zero-order valence-corrected chi connectivity index (χ0v) is 11.5. The van der Waals surface area contributed by atoms with E-state index in [-0.39, 0.29) is 0 Å². The van der Waals surface area contributed by atoms with Crippen LogP contribution in [0.1, 0.15) is 48.8 Å². The van der Waals surface area contributed by atoms with E-state index in [1.54, 1.807) is 12.1 Å². The number of carboxylic acid groups (broad SMARTS) is 1. The first-order valence-electron chi connectivity index (χ1n) is 6.83. The molecule has 19 heavy (non-hydrogen) atoms. The van der Waals surface area contributed by atoms with E-state index in [2.05, 4.69) is 16.5 Å². The lowest BCUT2D eigenvalue weighted by Gasteiger charge is -2.06. The standard InChI is InChI=1S/C15H20N2O2/c1-3-4-5-6-9-17-11(2)16-13-10-12(15(18)19)7-8-14(13)17/h7-8,10H,3-6,9H2,1-2H3,(H,18,19). The van der Waals surface area contributed by atoms with Crippen molar-refractivity contribution in [2.24, 2.45) is 0 Å². The van der Waals surface area contributed by atoms with Gasteiger partial charge in [0.2, 0.25) is 0 Å². The number of unbranched alkanes of at least 4 members (excludes halogenated alkanes) is 3. The highest BCUT2D eigenvalue weighted by Crippen LogP contribution is 2.19. The third-order valence-electron chi connectivity index (χ3n) is 3.42. The number of carboxylic acids is 1. The van der Waals surface area contributed by atoms with Gasteiger partial charge >= 0.3 is 5.97 Å². The maximum Gasteiger partial charge on any atom is 0.335 e. The topological polar surface area (TPSA) is 55.1 Å². The number of aryl methyl sites for hydroxylation is 2. The number of carbonyl (C=O) groups is 1. The molecule has 1 aromatic carbocycles. The third kappa shape index (κ3) is 2.95. The molecular formula is C15H20N2O2. The van der Waals surface area contributed by atoms with Crippen LogP contribution in [0.5, 0.6) is 0 Å². The van der Waals surface area contributed by atoms with E-state index in [4.69, 9.17) is 5.11 Å². The molecule has 1 heterocycles. The fourth-order valence-corrected chi connectivity index (χ4v) is 2.36. The highest BCUT2D eigenvalue weighted by Gasteiger charge is 2.10. The number of fused-ring (bicyclic) bond motifs is 1. The summed E-state index contributed by atoms with van der Waals surface area (Å²) in [5.74, 6) is 0.0473. The van der Waals surface area contributed by atoms with Gasteiger partial charge in [-0.2, -0.15) is 0 Å². The quantitative estimate of drug-likeness (QED) is 0.807. The summed E-state index contributed by atoms with van der Waals surface area (Å²) < 4.78 is 2.18. The van der Waals surface area contributed by atoms with Gasteiger partial charge < -0.3 is 9.67 Å². The van der Waals surface area contributed by atoms with E-state index in [1.807, 2.05) is 13.0 Å². The molecule has 2 rings (SSSR count). The molecule has 4 heteroatoms. The largest absolute Gasteiger partial charge is 0.478 e. The summed E-state index contributed by atoms with van der Waals surface area (Å²) in [6.45, 7) is 5.13. The maximum absolute atomic E-state index is 10.9. The monoisotopic (exact) mass is 260 g/mol. The molecule has 1 N–H and O–H groups in total. The molecule has 0 radical (unpaired) electrons. The Morgan fingerprint density at radius 1 is 1.32 bits per heavy atom. The number of aromatic nitrogens is 2. The van der Waals surface area contributed by atoms with Crippen molar-refractivity contribution in [2.75, 3.05) is 0 Å². The van der Waals surface area contributed by atoms with Crippen LogP contribution in [0.2, 0.25) is 0 Å².